The van der Waals surface area contributed by atoms with Crippen molar-refractivity contribution < 1.29 is 9.13 Å². The van der Waals surface area contributed by atoms with Gasteiger partial charge in [-0.15, -0.1) is 0 Å². The number of pyridine rings is 1. The van der Waals surface area contributed by atoms with E-state index in [0.29, 0.717) is 24.3 Å². The van der Waals surface area contributed by atoms with Gasteiger partial charge < -0.3 is 15.0 Å². The van der Waals surface area contributed by atoms with Crippen LogP contribution in [0.4, 0.5) is 10.2 Å². The number of halogens is 1. The van der Waals surface area contributed by atoms with Gasteiger partial charge in [0.05, 0.1) is 29.6 Å². The van der Waals surface area contributed by atoms with Crippen molar-refractivity contribution in [3.05, 3.63) is 65.6 Å². The maximum absolute atomic E-state index is 14.4. The normalized spacial score (nSPS) is 14.4. The van der Waals surface area contributed by atoms with Crippen LogP contribution in [0.1, 0.15) is 37.6 Å². The fraction of sp³-hybridized carbons (Fsp3) is 0.292. The summed E-state index contributed by atoms with van der Waals surface area (Å²) in [7, 11) is 1.94. The summed E-state index contributed by atoms with van der Waals surface area (Å²) in [6.45, 7) is 6.56. The smallest absolute Gasteiger partial charge is 0.166 e. The van der Waals surface area contributed by atoms with Gasteiger partial charge in [-0.1, -0.05) is 0 Å². The molecule has 164 valence electrons. The molecule has 0 amide bonds. The number of nitrogens with two attached hydrogens (primary N) is 1. The Bertz CT molecular complexity index is 1340. The number of aromatic nitrogens is 5. The monoisotopic (exact) mass is 432 g/mol. The van der Waals surface area contributed by atoms with Crippen LogP contribution in [0.2, 0.25) is 0 Å². The number of ether oxygens (including phenoxy) is 1. The van der Waals surface area contributed by atoms with Crippen LogP contribution in [-0.2, 0) is 25.6 Å². The van der Waals surface area contributed by atoms with Crippen LogP contribution in [0, 0.1) is 5.82 Å². The number of rotatable bonds is 1. The first kappa shape index (κ1) is 20.2. The molecular weight excluding hydrogens is 407 g/mol. The zero-order chi connectivity index (χ0) is 22.6. The molecule has 7 nitrogen and oxygen atoms in total. The van der Waals surface area contributed by atoms with Crippen molar-refractivity contribution in [1.29, 1.82) is 0 Å². The molecule has 32 heavy (non-hydrogen) atoms. The Hall–Kier alpha value is -3.68. The van der Waals surface area contributed by atoms with Crippen LogP contribution in [0.5, 0.6) is 5.75 Å². The molecule has 0 unspecified atom stereocenters. The minimum atomic E-state index is -0.888. The van der Waals surface area contributed by atoms with Crippen LogP contribution in [0.25, 0.3) is 22.5 Å². The molecule has 0 fully saturated rings. The van der Waals surface area contributed by atoms with E-state index in [1.165, 1.54) is 12.1 Å². The molecule has 8 heteroatoms. The van der Waals surface area contributed by atoms with Gasteiger partial charge >= 0.3 is 0 Å². The fourth-order valence-electron chi connectivity index (χ4n) is 4.48. The molecule has 0 spiro atoms. The molecule has 0 saturated carbocycles. The van der Waals surface area contributed by atoms with Gasteiger partial charge in [0.2, 0.25) is 0 Å². The Morgan fingerprint density at radius 1 is 1.16 bits per heavy atom. The van der Waals surface area contributed by atoms with Gasteiger partial charge in [-0.25, -0.2) is 14.4 Å². The minimum Gasteiger partial charge on any atom is -0.479 e. The van der Waals surface area contributed by atoms with Crippen molar-refractivity contribution in [1.82, 2.24) is 24.3 Å². The number of nitrogens with zero attached hydrogens (tertiary/aromatic N) is 5. The van der Waals surface area contributed by atoms with Crippen molar-refractivity contribution in [3.63, 3.8) is 0 Å². The second kappa shape index (κ2) is 7.19. The van der Waals surface area contributed by atoms with E-state index in [1.54, 1.807) is 18.6 Å². The number of anilines is 1. The summed E-state index contributed by atoms with van der Waals surface area (Å²) in [5.41, 5.74) is 11.5. The molecule has 4 aromatic rings. The summed E-state index contributed by atoms with van der Waals surface area (Å²) in [6, 6.07) is 6.66. The summed E-state index contributed by atoms with van der Waals surface area (Å²) in [4.78, 5) is 9.08. The predicted molar refractivity (Wildman–Crippen MR) is 121 cm³/mol. The summed E-state index contributed by atoms with van der Waals surface area (Å²) in [5, 5.41) is 4.58. The van der Waals surface area contributed by atoms with Gasteiger partial charge in [-0.05, 0) is 45.0 Å². The number of imidazole rings is 1. The molecular formula is C24H25FN6O. The predicted octanol–water partition coefficient (Wildman–Crippen LogP) is 4.31. The maximum Gasteiger partial charge on any atom is 0.166 e. The SMILES string of the molecule is CCn1ncc2c1-c1cnc(N)c(c1)OC(C)(C)c1cc(F)ccc1-c1c(ncn1C)C2. The molecule has 0 aliphatic carbocycles. The van der Waals surface area contributed by atoms with Crippen LogP contribution < -0.4 is 10.5 Å². The Balaban J connectivity index is 1.85. The Morgan fingerprint density at radius 3 is 2.75 bits per heavy atom. The van der Waals surface area contributed by atoms with Crippen molar-refractivity contribution in [2.75, 3.05) is 5.73 Å². The Labute approximate surface area is 185 Å². The van der Waals surface area contributed by atoms with Gasteiger partial charge in [-0.2, -0.15) is 5.10 Å². The summed E-state index contributed by atoms with van der Waals surface area (Å²) >= 11 is 0. The number of benzene rings is 1. The molecule has 2 N–H and O–H groups in total. The van der Waals surface area contributed by atoms with Gasteiger partial charge in [0.15, 0.2) is 11.6 Å². The standard InChI is InChI=1S/C24H25FN6O/c1-5-31-21-14(12-29-31)8-19-22(30(4)13-28-19)17-7-6-16(25)10-18(17)24(2,3)32-20-9-15(21)11-27-23(20)26/h6-7,9-13H,5,8H2,1-4H3,(H2,26,27). The van der Waals surface area contributed by atoms with Crippen molar-refractivity contribution in [2.24, 2.45) is 7.05 Å². The number of fused-ring (bicyclic) bond motifs is 7. The maximum atomic E-state index is 14.4. The van der Waals surface area contributed by atoms with E-state index < -0.39 is 5.60 Å². The zero-order valence-corrected chi connectivity index (χ0v) is 18.6. The highest BCUT2D eigenvalue weighted by molar-refractivity contribution is 5.72. The van der Waals surface area contributed by atoms with Crippen molar-refractivity contribution in [3.8, 4) is 28.3 Å². The van der Waals surface area contributed by atoms with Gasteiger partial charge in [0.1, 0.15) is 11.4 Å². The molecule has 0 radical (unpaired) electrons. The number of hydrogen-bond acceptors (Lipinski definition) is 5. The van der Waals surface area contributed by atoms with E-state index in [-0.39, 0.29) is 11.6 Å². The second-order valence-corrected chi connectivity index (χ2v) is 8.57. The number of aryl methyl sites for hydroxylation is 2. The van der Waals surface area contributed by atoms with Crippen LogP contribution in [0.3, 0.4) is 0 Å². The average molecular weight is 433 g/mol. The molecule has 1 aliphatic rings. The van der Waals surface area contributed by atoms with Gasteiger partial charge in [0.25, 0.3) is 0 Å². The van der Waals surface area contributed by atoms with Crippen molar-refractivity contribution >= 4 is 5.82 Å². The third-order valence-electron chi connectivity index (χ3n) is 5.99. The zero-order valence-electron chi connectivity index (χ0n) is 18.6. The fourth-order valence-corrected chi connectivity index (χ4v) is 4.48. The van der Waals surface area contributed by atoms with Crippen LogP contribution >= 0.6 is 0 Å². The summed E-state index contributed by atoms with van der Waals surface area (Å²) in [5.74, 6) is 0.396. The van der Waals surface area contributed by atoms with E-state index in [2.05, 4.69) is 15.1 Å². The largest absolute Gasteiger partial charge is 0.479 e. The van der Waals surface area contributed by atoms with Gasteiger partial charge in [-0.3, -0.25) is 4.68 Å². The highest BCUT2D eigenvalue weighted by atomic mass is 19.1. The number of nitrogen functional groups attached to an aromatic ring is 1. The molecule has 0 atom stereocenters. The highest BCUT2D eigenvalue weighted by Crippen LogP contribution is 2.40. The van der Waals surface area contributed by atoms with E-state index >= 15 is 0 Å². The molecule has 4 heterocycles. The van der Waals surface area contributed by atoms with Crippen LogP contribution in [0.15, 0.2) is 43.0 Å². The first-order valence-electron chi connectivity index (χ1n) is 10.6. The third-order valence-corrected chi connectivity index (χ3v) is 5.99. The lowest BCUT2D eigenvalue weighted by molar-refractivity contribution is 0.109. The Kier molecular flexibility index (Phi) is 4.54. The van der Waals surface area contributed by atoms with E-state index in [1.807, 2.05) is 49.3 Å². The van der Waals surface area contributed by atoms with E-state index in [4.69, 9.17) is 10.5 Å². The van der Waals surface area contributed by atoms with Crippen LogP contribution in [-0.4, -0.2) is 24.3 Å². The first-order valence-corrected chi connectivity index (χ1v) is 10.6. The lowest BCUT2D eigenvalue weighted by Crippen LogP contribution is -2.27. The highest BCUT2D eigenvalue weighted by Gasteiger charge is 2.31. The third kappa shape index (κ3) is 3.14. The second-order valence-electron chi connectivity index (χ2n) is 8.57. The lowest BCUT2D eigenvalue weighted by Gasteiger charge is -2.30. The van der Waals surface area contributed by atoms with E-state index in [0.717, 1.165) is 33.8 Å². The average Bonchev–Trinajstić information content (AvgIpc) is 3.32. The summed E-state index contributed by atoms with van der Waals surface area (Å²) < 4.78 is 24.7. The molecule has 5 rings (SSSR count). The first-order chi connectivity index (χ1) is 15.3. The van der Waals surface area contributed by atoms with E-state index in [9.17, 15) is 4.39 Å². The molecule has 2 bridgehead atoms. The Morgan fingerprint density at radius 2 is 1.97 bits per heavy atom. The van der Waals surface area contributed by atoms with Crippen molar-refractivity contribution in [2.45, 2.75) is 39.3 Å². The quantitative estimate of drug-likeness (QED) is 0.485. The lowest BCUT2D eigenvalue weighted by atomic mass is 9.89. The minimum absolute atomic E-state index is 0.280. The molecule has 1 aliphatic heterocycles. The van der Waals surface area contributed by atoms with Gasteiger partial charge in [0, 0.05) is 48.5 Å². The number of hydrogen-bond donors (Lipinski definition) is 1. The molecule has 3 aromatic heterocycles. The summed E-state index contributed by atoms with van der Waals surface area (Å²) in [6.07, 6.45) is 5.97. The topological polar surface area (TPSA) is 83.8 Å². The molecule has 1 aromatic carbocycles. The molecule has 0 saturated heterocycles.